The third-order valence-corrected chi connectivity index (χ3v) is 4.97. The second-order valence-electron chi connectivity index (χ2n) is 6.16. The van der Waals surface area contributed by atoms with Crippen LogP contribution in [-0.2, 0) is 4.74 Å². The molecule has 124 valence electrons. The highest BCUT2D eigenvalue weighted by atomic mass is 32.1. The maximum Gasteiger partial charge on any atom is 0.318 e. The first kappa shape index (κ1) is 17.2. The third-order valence-electron chi connectivity index (χ3n) is 3.99. The number of hydrogen-bond donors (Lipinski definition) is 2. The van der Waals surface area contributed by atoms with Gasteiger partial charge in [0, 0.05) is 16.3 Å². The molecule has 2 rings (SSSR count). The maximum absolute atomic E-state index is 12.5. The number of thiophene rings is 1. The summed E-state index contributed by atoms with van der Waals surface area (Å²) in [4.78, 5) is 16.8. The van der Waals surface area contributed by atoms with Gasteiger partial charge in [0.25, 0.3) is 0 Å². The summed E-state index contributed by atoms with van der Waals surface area (Å²) in [5.41, 5.74) is 1.21. The molecule has 0 unspecified atom stereocenters. The fourth-order valence-electron chi connectivity index (χ4n) is 2.80. The van der Waals surface area contributed by atoms with Crippen LogP contribution in [0, 0.1) is 19.8 Å². The average Bonchev–Trinajstić information content (AvgIpc) is 2.82. The Hall–Kier alpha value is -1.11. The van der Waals surface area contributed by atoms with Crippen molar-refractivity contribution in [2.24, 2.45) is 5.92 Å². The number of urea groups is 1. The van der Waals surface area contributed by atoms with Gasteiger partial charge in [0.1, 0.15) is 0 Å². The summed E-state index contributed by atoms with van der Waals surface area (Å²) in [5, 5.41) is 12.4. The van der Waals surface area contributed by atoms with E-state index in [4.69, 9.17) is 4.74 Å². The van der Waals surface area contributed by atoms with E-state index in [-0.39, 0.29) is 24.8 Å². The molecule has 1 saturated heterocycles. The van der Waals surface area contributed by atoms with Crippen molar-refractivity contribution in [3.63, 3.8) is 0 Å². The number of nitrogens with one attached hydrogen (secondary N) is 1. The zero-order valence-corrected chi connectivity index (χ0v) is 14.6. The highest BCUT2D eigenvalue weighted by molar-refractivity contribution is 7.12. The minimum atomic E-state index is -0.276. The van der Waals surface area contributed by atoms with Crippen molar-refractivity contribution in [1.82, 2.24) is 10.2 Å². The van der Waals surface area contributed by atoms with E-state index in [0.29, 0.717) is 25.6 Å². The van der Waals surface area contributed by atoms with Gasteiger partial charge >= 0.3 is 6.03 Å². The van der Waals surface area contributed by atoms with Crippen LogP contribution >= 0.6 is 11.3 Å². The molecular formula is C16H26N2O3S. The van der Waals surface area contributed by atoms with Crippen LogP contribution in [0.4, 0.5) is 4.79 Å². The molecular weight excluding hydrogens is 300 g/mol. The third kappa shape index (κ3) is 4.00. The lowest BCUT2D eigenvalue weighted by molar-refractivity contribution is -0.0406. The smallest absolute Gasteiger partial charge is 0.318 e. The molecule has 0 radical (unpaired) electrons. The Morgan fingerprint density at radius 2 is 2.27 bits per heavy atom. The van der Waals surface area contributed by atoms with Crippen LogP contribution in [0.5, 0.6) is 0 Å². The van der Waals surface area contributed by atoms with Gasteiger partial charge in [0.05, 0.1) is 31.9 Å². The van der Waals surface area contributed by atoms with Crippen LogP contribution in [-0.4, -0.2) is 48.4 Å². The molecule has 1 aliphatic rings. The first-order valence-electron chi connectivity index (χ1n) is 7.77. The molecule has 0 saturated carbocycles. The van der Waals surface area contributed by atoms with Crippen molar-refractivity contribution in [3.05, 3.63) is 21.4 Å². The Labute approximate surface area is 136 Å². The zero-order chi connectivity index (χ0) is 16.3. The van der Waals surface area contributed by atoms with Crippen molar-refractivity contribution in [3.8, 4) is 0 Å². The number of aliphatic hydroxyl groups excluding tert-OH is 1. The first-order chi connectivity index (χ1) is 10.4. The molecule has 2 amide bonds. The largest absolute Gasteiger partial charge is 0.394 e. The van der Waals surface area contributed by atoms with Crippen LogP contribution in [0.1, 0.15) is 35.2 Å². The fourth-order valence-corrected chi connectivity index (χ4v) is 3.77. The highest BCUT2D eigenvalue weighted by Crippen LogP contribution is 2.30. The van der Waals surface area contributed by atoms with Crippen LogP contribution < -0.4 is 5.32 Å². The summed E-state index contributed by atoms with van der Waals surface area (Å²) in [6.45, 7) is 9.85. The van der Waals surface area contributed by atoms with Crippen molar-refractivity contribution in [1.29, 1.82) is 0 Å². The van der Waals surface area contributed by atoms with E-state index in [1.54, 1.807) is 16.2 Å². The number of aliphatic hydroxyl groups is 1. The molecule has 0 bridgehead atoms. The summed E-state index contributed by atoms with van der Waals surface area (Å²) in [6.07, 6.45) is -0.276. The molecule has 1 fully saturated rings. The fraction of sp³-hybridized carbons (Fsp3) is 0.688. The van der Waals surface area contributed by atoms with E-state index in [1.165, 1.54) is 15.3 Å². The van der Waals surface area contributed by atoms with Crippen LogP contribution in [0.25, 0.3) is 0 Å². The molecule has 2 heterocycles. The number of carbonyl (C=O) groups is 1. The second-order valence-corrected chi connectivity index (χ2v) is 7.62. The van der Waals surface area contributed by atoms with E-state index in [9.17, 15) is 9.90 Å². The number of hydrogen-bond acceptors (Lipinski definition) is 4. The normalized spacial score (nSPS) is 20.3. The Kier molecular flexibility index (Phi) is 5.83. The predicted octanol–water partition coefficient (Wildman–Crippen LogP) is 2.46. The molecule has 1 aromatic heterocycles. The second kappa shape index (κ2) is 7.44. The number of carbonyl (C=O) groups excluding carboxylic acids is 1. The molecule has 2 N–H and O–H groups in total. The van der Waals surface area contributed by atoms with Crippen LogP contribution in [0.2, 0.25) is 0 Å². The summed E-state index contributed by atoms with van der Waals surface area (Å²) < 4.78 is 5.40. The van der Waals surface area contributed by atoms with E-state index in [1.807, 2.05) is 0 Å². The molecule has 22 heavy (non-hydrogen) atoms. The van der Waals surface area contributed by atoms with Crippen molar-refractivity contribution < 1.29 is 14.6 Å². The quantitative estimate of drug-likeness (QED) is 0.893. The Bertz CT molecular complexity index is 515. The Morgan fingerprint density at radius 1 is 1.55 bits per heavy atom. The lowest BCUT2D eigenvalue weighted by atomic mass is 9.96. The van der Waals surface area contributed by atoms with Gasteiger partial charge in [-0.3, -0.25) is 0 Å². The van der Waals surface area contributed by atoms with E-state index in [2.05, 4.69) is 39.1 Å². The standard InChI is InChI=1S/C16H26N2O3S/c1-10(2)15(14-7-11(3)22-12(14)4)17-16(20)18-5-6-21-13(8-18)9-19/h7,10,13,15,19H,5-6,8-9H2,1-4H3,(H,17,20)/t13-,15-/m1/s1. The van der Waals surface area contributed by atoms with Gasteiger partial charge in [-0.1, -0.05) is 13.8 Å². The van der Waals surface area contributed by atoms with E-state index in [0.717, 1.165) is 0 Å². The molecule has 0 aliphatic carbocycles. The lowest BCUT2D eigenvalue weighted by Crippen LogP contribution is -2.51. The monoisotopic (exact) mass is 326 g/mol. The summed E-state index contributed by atoms with van der Waals surface area (Å²) in [6, 6.07) is 2.09. The van der Waals surface area contributed by atoms with Crippen LogP contribution in [0.3, 0.4) is 0 Å². The van der Waals surface area contributed by atoms with Gasteiger partial charge in [-0.25, -0.2) is 4.79 Å². The molecule has 1 aromatic rings. The zero-order valence-electron chi connectivity index (χ0n) is 13.8. The number of aryl methyl sites for hydroxylation is 2. The SMILES string of the molecule is Cc1cc([C@H](NC(=O)N2CCO[C@@H](CO)C2)C(C)C)c(C)s1. The van der Waals surface area contributed by atoms with Crippen molar-refractivity contribution in [2.45, 2.75) is 39.8 Å². The molecule has 5 nitrogen and oxygen atoms in total. The van der Waals surface area contributed by atoms with E-state index < -0.39 is 0 Å². The van der Waals surface area contributed by atoms with Gasteiger partial charge < -0.3 is 20.1 Å². The van der Waals surface area contributed by atoms with Gasteiger partial charge in [0.15, 0.2) is 0 Å². The lowest BCUT2D eigenvalue weighted by Gasteiger charge is -2.34. The number of ether oxygens (including phenoxy) is 1. The van der Waals surface area contributed by atoms with Crippen molar-refractivity contribution >= 4 is 17.4 Å². The summed E-state index contributed by atoms with van der Waals surface area (Å²) in [7, 11) is 0. The summed E-state index contributed by atoms with van der Waals surface area (Å²) in [5.74, 6) is 0.311. The number of rotatable bonds is 4. The van der Waals surface area contributed by atoms with Gasteiger partial charge in [-0.15, -0.1) is 11.3 Å². The predicted molar refractivity (Wildman–Crippen MR) is 88.3 cm³/mol. The van der Waals surface area contributed by atoms with Gasteiger partial charge in [-0.05, 0) is 31.4 Å². The molecule has 2 atom stereocenters. The highest BCUT2D eigenvalue weighted by Gasteiger charge is 2.27. The number of morpholine rings is 1. The summed E-state index contributed by atoms with van der Waals surface area (Å²) >= 11 is 1.76. The Morgan fingerprint density at radius 3 is 2.82 bits per heavy atom. The Balaban J connectivity index is 2.08. The topological polar surface area (TPSA) is 61.8 Å². The number of nitrogens with zero attached hydrogens (tertiary/aromatic N) is 1. The molecule has 0 aromatic carbocycles. The van der Waals surface area contributed by atoms with Gasteiger partial charge in [-0.2, -0.15) is 0 Å². The maximum atomic E-state index is 12.5. The molecule has 0 spiro atoms. The van der Waals surface area contributed by atoms with Gasteiger partial charge in [0.2, 0.25) is 0 Å². The van der Waals surface area contributed by atoms with Crippen LogP contribution in [0.15, 0.2) is 6.07 Å². The minimum absolute atomic E-state index is 0.00729. The number of amides is 2. The van der Waals surface area contributed by atoms with Crippen molar-refractivity contribution in [2.75, 3.05) is 26.3 Å². The molecule has 1 aliphatic heterocycles. The van der Waals surface area contributed by atoms with E-state index >= 15 is 0 Å². The molecule has 6 heteroatoms. The average molecular weight is 326 g/mol. The first-order valence-corrected chi connectivity index (χ1v) is 8.58. The minimum Gasteiger partial charge on any atom is -0.394 e.